The number of unbranched alkanes of at least 4 members (excludes halogenated alkanes) is 1. The number of terminal acetylenes is 1. The Kier molecular flexibility index (Phi) is 7.77. The van der Waals surface area contributed by atoms with Crippen LogP contribution in [-0.4, -0.2) is 68.5 Å². The lowest BCUT2D eigenvalue weighted by Crippen LogP contribution is -2.77. The van der Waals surface area contributed by atoms with E-state index in [1.165, 1.54) is 0 Å². The Balaban J connectivity index is 1.51. The average molecular weight is 569 g/mol. The van der Waals surface area contributed by atoms with Gasteiger partial charge in [0, 0.05) is 19.5 Å². The summed E-state index contributed by atoms with van der Waals surface area (Å²) in [5.74, 6) is 2.28. The highest BCUT2D eigenvalue weighted by Crippen LogP contribution is 2.55. The molecule has 2 saturated heterocycles. The average Bonchev–Trinajstić information content (AvgIpc) is 3.65. The van der Waals surface area contributed by atoms with Crippen molar-refractivity contribution in [3.05, 3.63) is 69.7 Å². The van der Waals surface area contributed by atoms with Crippen LogP contribution in [0.25, 0.3) is 0 Å². The molecule has 5 rings (SSSR count). The maximum Gasteiger partial charge on any atom is 0.334 e. The fourth-order valence-electron chi connectivity index (χ4n) is 5.89. The SMILES string of the molecule is C#CCN1CC(=O)N2[C@@H](CCCC)C(=O)N(Cc3ccc(Cl)c(Cl)c3)[C@@H]3CC32N1C(=O)NCc1ccccc1. The van der Waals surface area contributed by atoms with Gasteiger partial charge in [0.1, 0.15) is 6.04 Å². The molecular weight excluding hydrogens is 537 g/mol. The first-order valence-corrected chi connectivity index (χ1v) is 13.9. The van der Waals surface area contributed by atoms with Crippen LogP contribution in [0.3, 0.4) is 0 Å². The molecule has 1 aliphatic carbocycles. The van der Waals surface area contributed by atoms with Crippen molar-refractivity contribution in [1.29, 1.82) is 0 Å². The number of halogens is 2. The van der Waals surface area contributed by atoms with Gasteiger partial charge >= 0.3 is 6.03 Å². The molecule has 10 heteroatoms. The zero-order valence-electron chi connectivity index (χ0n) is 21.8. The lowest BCUT2D eigenvalue weighted by Gasteiger charge is -2.55. The first kappa shape index (κ1) is 27.3. The Bertz CT molecular complexity index is 1320. The second-order valence-electron chi connectivity index (χ2n) is 10.2. The van der Waals surface area contributed by atoms with Gasteiger partial charge in [-0.05, 0) is 29.7 Å². The van der Waals surface area contributed by atoms with Gasteiger partial charge in [-0.3, -0.25) is 9.59 Å². The summed E-state index contributed by atoms with van der Waals surface area (Å²) in [6.45, 7) is 2.68. The van der Waals surface area contributed by atoms with Gasteiger partial charge in [-0.2, -0.15) is 5.01 Å². The normalized spacial score (nSPS) is 24.2. The predicted octanol–water partition coefficient (Wildman–Crippen LogP) is 4.27. The van der Waals surface area contributed by atoms with E-state index in [1.54, 1.807) is 32.0 Å². The molecule has 3 atom stereocenters. The number of piperazine rings is 1. The van der Waals surface area contributed by atoms with E-state index in [-0.39, 0.29) is 37.0 Å². The second kappa shape index (κ2) is 11.1. The molecule has 39 heavy (non-hydrogen) atoms. The number of hydrazine groups is 1. The number of hydrogen-bond donors (Lipinski definition) is 1. The third-order valence-corrected chi connectivity index (χ3v) is 8.44. The molecule has 0 aromatic heterocycles. The number of urea groups is 1. The van der Waals surface area contributed by atoms with E-state index in [4.69, 9.17) is 29.6 Å². The van der Waals surface area contributed by atoms with Crippen molar-refractivity contribution in [2.24, 2.45) is 0 Å². The number of hydrogen-bond acceptors (Lipinski definition) is 4. The van der Waals surface area contributed by atoms with Gasteiger partial charge in [0.2, 0.25) is 11.8 Å². The molecule has 1 spiro atoms. The van der Waals surface area contributed by atoms with Crippen LogP contribution in [0.5, 0.6) is 0 Å². The number of carbonyl (C=O) groups is 3. The molecule has 3 fully saturated rings. The standard InChI is InChI=1S/C29H31Cl2N5O3/c1-3-5-11-24-27(38)34(18-21-12-13-22(30)23(31)15-21)25-16-29(25)35(24)26(37)19-33(14-4-2)36(29)28(39)32-17-20-9-7-6-8-10-20/h2,6-10,12-13,15,24-25H,3,5,11,14,16-19H2,1H3,(H,32,39)/t24-,25+,29?/m0/s1. The van der Waals surface area contributed by atoms with E-state index >= 15 is 0 Å². The molecule has 1 saturated carbocycles. The summed E-state index contributed by atoms with van der Waals surface area (Å²) in [4.78, 5) is 44.8. The lowest BCUT2D eigenvalue weighted by molar-refractivity contribution is -0.195. The minimum Gasteiger partial charge on any atom is -0.333 e. The van der Waals surface area contributed by atoms with Crippen molar-refractivity contribution >= 4 is 41.0 Å². The summed E-state index contributed by atoms with van der Waals surface area (Å²) in [6, 6.07) is 13.5. The topological polar surface area (TPSA) is 76.2 Å². The molecular formula is C29H31Cl2N5O3. The number of nitrogens with zero attached hydrogens (tertiary/aromatic N) is 4. The molecule has 2 aromatic carbocycles. The van der Waals surface area contributed by atoms with Crippen molar-refractivity contribution in [2.45, 2.75) is 63.4 Å². The van der Waals surface area contributed by atoms with Crippen LogP contribution in [0.15, 0.2) is 48.5 Å². The van der Waals surface area contributed by atoms with Crippen molar-refractivity contribution in [1.82, 2.24) is 25.1 Å². The highest BCUT2D eigenvalue weighted by Gasteiger charge is 2.75. The smallest absolute Gasteiger partial charge is 0.333 e. The highest BCUT2D eigenvalue weighted by atomic mass is 35.5. The van der Waals surface area contributed by atoms with E-state index in [0.29, 0.717) is 36.0 Å². The van der Waals surface area contributed by atoms with Crippen LogP contribution in [0, 0.1) is 12.3 Å². The molecule has 2 aromatic rings. The van der Waals surface area contributed by atoms with Crippen molar-refractivity contribution in [2.75, 3.05) is 13.1 Å². The predicted molar refractivity (Wildman–Crippen MR) is 149 cm³/mol. The zero-order valence-corrected chi connectivity index (χ0v) is 23.3. The van der Waals surface area contributed by atoms with E-state index in [2.05, 4.69) is 11.2 Å². The first-order valence-electron chi connectivity index (χ1n) is 13.2. The molecule has 204 valence electrons. The number of rotatable bonds is 8. The maximum atomic E-state index is 13.9. The maximum absolute atomic E-state index is 13.9. The van der Waals surface area contributed by atoms with Crippen LogP contribution < -0.4 is 5.32 Å². The van der Waals surface area contributed by atoms with Gasteiger partial charge in [-0.1, -0.05) is 85.3 Å². The summed E-state index contributed by atoms with van der Waals surface area (Å²) in [5.41, 5.74) is 0.769. The van der Waals surface area contributed by atoms with E-state index < -0.39 is 11.7 Å². The Morgan fingerprint density at radius 3 is 2.59 bits per heavy atom. The summed E-state index contributed by atoms with van der Waals surface area (Å²) in [7, 11) is 0. The summed E-state index contributed by atoms with van der Waals surface area (Å²) in [6.07, 6.45) is 8.27. The number of amides is 4. The fourth-order valence-corrected chi connectivity index (χ4v) is 6.22. The molecule has 2 heterocycles. The molecule has 0 bridgehead atoms. The van der Waals surface area contributed by atoms with Gasteiger partial charge in [0.25, 0.3) is 0 Å². The molecule has 4 amide bonds. The quantitative estimate of drug-likeness (QED) is 0.483. The fraction of sp³-hybridized carbons (Fsp3) is 0.414. The number of benzene rings is 2. The van der Waals surface area contributed by atoms with Crippen molar-refractivity contribution < 1.29 is 14.4 Å². The van der Waals surface area contributed by atoms with Gasteiger partial charge < -0.3 is 15.1 Å². The zero-order chi connectivity index (χ0) is 27.7. The monoisotopic (exact) mass is 567 g/mol. The van der Waals surface area contributed by atoms with E-state index in [0.717, 1.165) is 24.0 Å². The second-order valence-corrected chi connectivity index (χ2v) is 11.0. The molecule has 0 radical (unpaired) electrons. The third-order valence-electron chi connectivity index (χ3n) is 7.70. The Labute approximate surface area is 238 Å². The minimum atomic E-state index is -1.00. The Morgan fingerprint density at radius 2 is 1.90 bits per heavy atom. The van der Waals surface area contributed by atoms with E-state index in [9.17, 15) is 14.4 Å². The number of carbonyl (C=O) groups excluding carboxylic acids is 3. The van der Waals surface area contributed by atoms with Crippen LogP contribution in [-0.2, 0) is 22.7 Å². The molecule has 8 nitrogen and oxygen atoms in total. The van der Waals surface area contributed by atoms with Crippen molar-refractivity contribution in [3.8, 4) is 12.3 Å². The molecule has 3 aliphatic rings. The van der Waals surface area contributed by atoms with Gasteiger partial charge in [-0.25, -0.2) is 9.80 Å². The molecule has 2 aliphatic heterocycles. The summed E-state index contributed by atoms with van der Waals surface area (Å²) in [5, 5.41) is 7.08. The number of nitrogens with one attached hydrogen (secondary N) is 1. The van der Waals surface area contributed by atoms with Crippen LogP contribution >= 0.6 is 23.2 Å². The largest absolute Gasteiger partial charge is 0.334 e. The summed E-state index contributed by atoms with van der Waals surface area (Å²) >= 11 is 12.4. The van der Waals surface area contributed by atoms with Crippen LogP contribution in [0.2, 0.25) is 10.0 Å². The van der Waals surface area contributed by atoms with Crippen molar-refractivity contribution in [3.63, 3.8) is 0 Å². The Morgan fingerprint density at radius 1 is 1.13 bits per heavy atom. The van der Waals surface area contributed by atoms with Crippen LogP contribution in [0.4, 0.5) is 4.79 Å². The highest BCUT2D eigenvalue weighted by molar-refractivity contribution is 6.42. The Hall–Kier alpha value is -3.25. The van der Waals surface area contributed by atoms with Gasteiger partial charge in [0.05, 0.1) is 29.2 Å². The molecule has 1 N–H and O–H groups in total. The third kappa shape index (κ3) is 4.95. The van der Waals surface area contributed by atoms with Gasteiger partial charge in [-0.15, -0.1) is 6.42 Å². The molecule has 1 unspecified atom stereocenters. The van der Waals surface area contributed by atoms with E-state index in [1.807, 2.05) is 43.3 Å². The van der Waals surface area contributed by atoms with Crippen LogP contribution in [0.1, 0.15) is 43.7 Å². The summed E-state index contributed by atoms with van der Waals surface area (Å²) < 4.78 is 0. The van der Waals surface area contributed by atoms with Gasteiger partial charge in [0.15, 0.2) is 5.66 Å². The first-order chi connectivity index (χ1) is 18.8. The lowest BCUT2D eigenvalue weighted by atomic mass is 10.00. The minimum absolute atomic E-state index is 0.0693.